The van der Waals surface area contributed by atoms with Crippen molar-refractivity contribution in [2.24, 2.45) is 5.92 Å². The first-order valence-corrected chi connectivity index (χ1v) is 8.77. The molecule has 1 atom stereocenters. The van der Waals surface area contributed by atoms with Crippen molar-refractivity contribution in [1.29, 1.82) is 0 Å². The molecule has 1 N–H and O–H groups in total. The molecule has 1 aliphatic heterocycles. The third-order valence-electron chi connectivity index (χ3n) is 4.19. The van der Waals surface area contributed by atoms with E-state index in [1.165, 1.54) is 5.56 Å². The quantitative estimate of drug-likeness (QED) is 0.867. The lowest BCUT2D eigenvalue weighted by molar-refractivity contribution is -0.127. The molecule has 0 radical (unpaired) electrons. The zero-order chi connectivity index (χ0) is 16.1. The highest BCUT2D eigenvalue weighted by molar-refractivity contribution is 9.10. The van der Waals surface area contributed by atoms with Crippen LogP contribution in [0.5, 0.6) is 0 Å². The number of carbonyl (C=O) groups is 1. The molecule has 23 heavy (non-hydrogen) atoms. The van der Waals surface area contributed by atoms with Gasteiger partial charge < -0.3 is 9.73 Å². The van der Waals surface area contributed by atoms with Crippen molar-refractivity contribution >= 4 is 21.8 Å². The molecule has 1 saturated heterocycles. The number of hydrogen-bond acceptors (Lipinski definition) is 3. The van der Waals surface area contributed by atoms with Crippen LogP contribution in [0.4, 0.5) is 0 Å². The minimum Gasteiger partial charge on any atom is -0.467 e. The number of halogens is 1. The van der Waals surface area contributed by atoms with E-state index in [-0.39, 0.29) is 11.8 Å². The lowest BCUT2D eigenvalue weighted by atomic mass is 9.96. The molecule has 0 saturated carbocycles. The Hall–Kier alpha value is -1.59. The largest absolute Gasteiger partial charge is 0.467 e. The third-order valence-corrected chi connectivity index (χ3v) is 4.68. The van der Waals surface area contributed by atoms with Gasteiger partial charge in [-0.15, -0.1) is 0 Å². The first-order valence-electron chi connectivity index (χ1n) is 7.97. The number of hydrogen-bond donors (Lipinski definition) is 1. The van der Waals surface area contributed by atoms with Gasteiger partial charge in [0.1, 0.15) is 5.76 Å². The maximum atomic E-state index is 12.4. The summed E-state index contributed by atoms with van der Waals surface area (Å²) in [6.07, 6.45) is 3.65. The van der Waals surface area contributed by atoms with Crippen LogP contribution < -0.4 is 5.32 Å². The summed E-state index contributed by atoms with van der Waals surface area (Å²) in [6, 6.07) is 12.1. The smallest absolute Gasteiger partial charge is 0.224 e. The van der Waals surface area contributed by atoms with Crippen LogP contribution in [0.25, 0.3) is 0 Å². The summed E-state index contributed by atoms with van der Waals surface area (Å²) in [5.41, 5.74) is 1.27. The number of carbonyl (C=O) groups excluding carboxylic acids is 1. The second-order valence-corrected chi connectivity index (χ2v) is 6.92. The number of furan rings is 1. The average molecular weight is 377 g/mol. The lowest BCUT2D eigenvalue weighted by Crippen LogP contribution is -2.42. The highest BCUT2D eigenvalue weighted by atomic mass is 79.9. The Morgan fingerprint density at radius 3 is 3.04 bits per heavy atom. The fourth-order valence-electron chi connectivity index (χ4n) is 3.04. The minimum absolute atomic E-state index is 0.0610. The van der Waals surface area contributed by atoms with Crippen molar-refractivity contribution in [3.63, 3.8) is 0 Å². The van der Waals surface area contributed by atoms with E-state index in [0.29, 0.717) is 6.54 Å². The van der Waals surface area contributed by atoms with Crippen molar-refractivity contribution < 1.29 is 9.21 Å². The van der Waals surface area contributed by atoms with E-state index < -0.39 is 0 Å². The predicted octanol–water partition coefficient (Wildman–Crippen LogP) is 3.57. The van der Waals surface area contributed by atoms with Gasteiger partial charge in [0, 0.05) is 17.6 Å². The second-order valence-electron chi connectivity index (χ2n) is 6.00. The van der Waals surface area contributed by atoms with Gasteiger partial charge in [0.05, 0.1) is 18.7 Å². The number of likely N-dealkylation sites (tertiary alicyclic amines) is 1. The summed E-state index contributed by atoms with van der Waals surface area (Å²) in [5, 5.41) is 2.98. The SMILES string of the molecule is O=C(NCc1ccco1)C1CCCN(Cc2cccc(Br)c2)C1. The van der Waals surface area contributed by atoms with Gasteiger partial charge in [0.2, 0.25) is 5.91 Å². The molecule has 122 valence electrons. The van der Waals surface area contributed by atoms with Gasteiger partial charge in [0.25, 0.3) is 0 Å². The normalized spacial score (nSPS) is 18.7. The van der Waals surface area contributed by atoms with Crippen LogP contribution in [0.1, 0.15) is 24.2 Å². The molecule has 2 aromatic rings. The number of benzene rings is 1. The summed E-state index contributed by atoms with van der Waals surface area (Å²) in [4.78, 5) is 14.7. The monoisotopic (exact) mass is 376 g/mol. The second kappa shape index (κ2) is 7.79. The Labute approximate surface area is 145 Å². The molecule has 1 aromatic carbocycles. The molecule has 3 rings (SSSR count). The van der Waals surface area contributed by atoms with Crippen molar-refractivity contribution in [2.75, 3.05) is 13.1 Å². The summed E-state index contributed by atoms with van der Waals surface area (Å²) in [5.74, 6) is 0.978. The molecule has 1 unspecified atom stereocenters. The molecule has 0 spiro atoms. The number of piperidine rings is 1. The van der Waals surface area contributed by atoms with E-state index in [1.807, 2.05) is 18.2 Å². The summed E-state index contributed by atoms with van der Waals surface area (Å²) in [6.45, 7) is 3.22. The van der Waals surface area contributed by atoms with E-state index in [2.05, 4.69) is 44.3 Å². The lowest BCUT2D eigenvalue weighted by Gasteiger charge is -2.32. The van der Waals surface area contributed by atoms with Crippen LogP contribution in [0.15, 0.2) is 51.6 Å². The number of nitrogens with one attached hydrogen (secondary N) is 1. The molecule has 4 nitrogen and oxygen atoms in total. The van der Waals surface area contributed by atoms with Gasteiger partial charge in [0.15, 0.2) is 0 Å². The molecule has 1 aromatic heterocycles. The van der Waals surface area contributed by atoms with Gasteiger partial charge in [-0.3, -0.25) is 9.69 Å². The van der Waals surface area contributed by atoms with Crippen LogP contribution in [0, 0.1) is 5.92 Å². The molecule has 5 heteroatoms. The number of rotatable bonds is 5. The van der Waals surface area contributed by atoms with E-state index in [4.69, 9.17) is 4.42 Å². The maximum absolute atomic E-state index is 12.4. The highest BCUT2D eigenvalue weighted by Crippen LogP contribution is 2.20. The summed E-state index contributed by atoms with van der Waals surface area (Å²) in [7, 11) is 0. The van der Waals surface area contributed by atoms with Gasteiger partial charge in [-0.2, -0.15) is 0 Å². The van der Waals surface area contributed by atoms with E-state index in [0.717, 1.165) is 42.7 Å². The van der Waals surface area contributed by atoms with Crippen LogP contribution in [0.2, 0.25) is 0 Å². The van der Waals surface area contributed by atoms with E-state index in [9.17, 15) is 4.79 Å². The zero-order valence-electron chi connectivity index (χ0n) is 13.0. The maximum Gasteiger partial charge on any atom is 0.224 e. The third kappa shape index (κ3) is 4.69. The Bertz CT molecular complexity index is 642. The van der Waals surface area contributed by atoms with E-state index >= 15 is 0 Å². The average Bonchev–Trinajstić information content (AvgIpc) is 3.06. The Balaban J connectivity index is 1.52. The highest BCUT2D eigenvalue weighted by Gasteiger charge is 2.25. The fraction of sp³-hybridized carbons (Fsp3) is 0.389. The topological polar surface area (TPSA) is 45.5 Å². The standard InChI is InChI=1S/C18H21BrN2O2/c19-16-6-1-4-14(10-16)12-21-8-2-5-15(13-21)18(22)20-11-17-7-3-9-23-17/h1,3-4,6-7,9-10,15H,2,5,8,11-13H2,(H,20,22). The molecular weight excluding hydrogens is 356 g/mol. The Kier molecular flexibility index (Phi) is 5.51. The van der Waals surface area contributed by atoms with Gasteiger partial charge in [-0.1, -0.05) is 28.1 Å². The minimum atomic E-state index is 0.0610. The molecule has 0 bridgehead atoms. The van der Waals surface area contributed by atoms with Crippen molar-refractivity contribution in [3.8, 4) is 0 Å². The van der Waals surface area contributed by atoms with Crippen molar-refractivity contribution in [2.45, 2.75) is 25.9 Å². The van der Waals surface area contributed by atoms with Crippen LogP contribution in [-0.4, -0.2) is 23.9 Å². The van der Waals surface area contributed by atoms with Crippen molar-refractivity contribution in [3.05, 3.63) is 58.5 Å². The molecular formula is C18H21BrN2O2. The first-order chi connectivity index (χ1) is 11.2. The van der Waals surface area contributed by atoms with Crippen LogP contribution in [0.3, 0.4) is 0 Å². The number of nitrogens with zero attached hydrogens (tertiary/aromatic N) is 1. The van der Waals surface area contributed by atoms with Crippen LogP contribution >= 0.6 is 15.9 Å². The van der Waals surface area contributed by atoms with Crippen LogP contribution in [-0.2, 0) is 17.9 Å². The molecule has 1 fully saturated rings. The Morgan fingerprint density at radius 1 is 1.35 bits per heavy atom. The zero-order valence-corrected chi connectivity index (χ0v) is 14.6. The molecule has 0 aliphatic carbocycles. The summed E-state index contributed by atoms with van der Waals surface area (Å²) >= 11 is 3.51. The molecule has 1 amide bonds. The summed E-state index contributed by atoms with van der Waals surface area (Å²) < 4.78 is 6.35. The van der Waals surface area contributed by atoms with Gasteiger partial charge in [-0.25, -0.2) is 0 Å². The number of amides is 1. The first kappa shape index (κ1) is 16.3. The van der Waals surface area contributed by atoms with Gasteiger partial charge >= 0.3 is 0 Å². The van der Waals surface area contributed by atoms with Gasteiger partial charge in [-0.05, 0) is 49.2 Å². The Morgan fingerprint density at radius 2 is 2.26 bits per heavy atom. The van der Waals surface area contributed by atoms with Crippen molar-refractivity contribution in [1.82, 2.24) is 10.2 Å². The van der Waals surface area contributed by atoms with E-state index in [1.54, 1.807) is 6.26 Å². The molecule has 2 heterocycles. The predicted molar refractivity (Wildman–Crippen MR) is 92.7 cm³/mol. The molecule has 1 aliphatic rings. The fourth-order valence-corrected chi connectivity index (χ4v) is 3.49.